The number of ether oxygens (including phenoxy) is 1. The Balaban J connectivity index is 1.41. The third kappa shape index (κ3) is 6.96. The molecule has 1 heterocycles. The lowest BCUT2D eigenvalue weighted by Gasteiger charge is -2.29. The topological polar surface area (TPSA) is 9.23 Å². The van der Waals surface area contributed by atoms with Crippen molar-refractivity contribution in [2.45, 2.75) is 77.7 Å². The zero-order valence-electron chi connectivity index (χ0n) is 22.6. The highest BCUT2D eigenvalue weighted by atomic mass is 19.2. The van der Waals surface area contributed by atoms with Gasteiger partial charge in [-0.2, -0.15) is 0 Å². The average molecular weight is 521 g/mol. The van der Waals surface area contributed by atoms with Gasteiger partial charge in [-0.25, -0.2) is 13.2 Å². The van der Waals surface area contributed by atoms with Crippen LogP contribution in [0.5, 0.6) is 0 Å². The largest absolute Gasteiger partial charge is 0.373 e. The number of aryl methyl sites for hydroxylation is 1. The lowest BCUT2D eigenvalue weighted by atomic mass is 9.90. The monoisotopic (exact) mass is 520 g/mol. The summed E-state index contributed by atoms with van der Waals surface area (Å²) in [5.74, 6) is -1.30. The van der Waals surface area contributed by atoms with Crippen LogP contribution in [0.2, 0.25) is 0 Å². The third-order valence-electron chi connectivity index (χ3n) is 7.69. The number of halogens is 3. The number of hydrogen-bond acceptors (Lipinski definition) is 1. The smallest absolute Gasteiger partial charge is 0.166 e. The Morgan fingerprint density at radius 2 is 1.61 bits per heavy atom. The lowest BCUT2D eigenvalue weighted by Crippen LogP contribution is -2.21. The van der Waals surface area contributed by atoms with E-state index in [2.05, 4.69) is 19.1 Å². The molecule has 1 saturated heterocycles. The van der Waals surface area contributed by atoms with Crippen molar-refractivity contribution < 1.29 is 17.9 Å². The van der Waals surface area contributed by atoms with Crippen LogP contribution in [0.1, 0.15) is 82.4 Å². The second kappa shape index (κ2) is 13.8. The first-order chi connectivity index (χ1) is 18.5. The molecule has 1 nitrogen and oxygen atoms in total. The van der Waals surface area contributed by atoms with Gasteiger partial charge in [-0.1, -0.05) is 86.9 Å². The minimum absolute atomic E-state index is 0.211. The van der Waals surface area contributed by atoms with Crippen LogP contribution >= 0.6 is 0 Å². The van der Waals surface area contributed by atoms with Crippen molar-refractivity contribution in [1.82, 2.24) is 0 Å². The van der Waals surface area contributed by atoms with Gasteiger partial charge in [0.05, 0.1) is 12.7 Å². The predicted molar refractivity (Wildman–Crippen MR) is 150 cm³/mol. The van der Waals surface area contributed by atoms with E-state index in [1.54, 1.807) is 30.3 Å². The van der Waals surface area contributed by atoms with Gasteiger partial charge in [0.15, 0.2) is 11.6 Å². The molecule has 1 fully saturated rings. The van der Waals surface area contributed by atoms with Crippen molar-refractivity contribution in [2.75, 3.05) is 6.61 Å². The normalized spacial score (nSPS) is 17.8. The van der Waals surface area contributed by atoms with Gasteiger partial charge in [-0.15, -0.1) is 0 Å². The van der Waals surface area contributed by atoms with E-state index in [9.17, 15) is 8.78 Å². The fraction of sp³-hybridized carbons (Fsp3) is 0.412. The Labute approximate surface area is 225 Å². The van der Waals surface area contributed by atoms with Gasteiger partial charge in [0.2, 0.25) is 0 Å². The molecule has 38 heavy (non-hydrogen) atoms. The Bertz CT molecular complexity index is 1210. The summed E-state index contributed by atoms with van der Waals surface area (Å²) in [5.41, 5.74) is 3.43. The summed E-state index contributed by atoms with van der Waals surface area (Å²) >= 11 is 0. The molecule has 2 unspecified atom stereocenters. The molecule has 0 aliphatic carbocycles. The second-order valence-corrected chi connectivity index (χ2v) is 10.4. The SMILES string of the molecule is CC=CCCC1CCC(c2ccc(-c3ccc(-c4ccc(CCCCCC)c(F)c4F)cc3)cc2F)OC1. The van der Waals surface area contributed by atoms with E-state index < -0.39 is 11.6 Å². The van der Waals surface area contributed by atoms with Crippen LogP contribution in [-0.4, -0.2) is 6.61 Å². The molecule has 202 valence electrons. The van der Waals surface area contributed by atoms with Gasteiger partial charge in [-0.05, 0) is 79.7 Å². The van der Waals surface area contributed by atoms with Gasteiger partial charge in [0.1, 0.15) is 5.82 Å². The number of unbranched alkanes of at least 4 members (excludes halogenated alkanes) is 3. The molecule has 4 rings (SSSR count). The van der Waals surface area contributed by atoms with Crippen LogP contribution < -0.4 is 0 Å². The molecule has 2 atom stereocenters. The van der Waals surface area contributed by atoms with Gasteiger partial charge in [-0.3, -0.25) is 0 Å². The van der Waals surface area contributed by atoms with Crippen molar-refractivity contribution in [3.8, 4) is 22.3 Å². The van der Waals surface area contributed by atoms with Gasteiger partial charge in [0.25, 0.3) is 0 Å². The summed E-state index contributed by atoms with van der Waals surface area (Å²) < 4.78 is 50.7. The van der Waals surface area contributed by atoms with Crippen LogP contribution in [0.4, 0.5) is 13.2 Å². The highest BCUT2D eigenvalue weighted by Gasteiger charge is 2.25. The number of rotatable bonds is 11. The molecule has 0 saturated carbocycles. The van der Waals surface area contributed by atoms with Crippen LogP contribution in [0.15, 0.2) is 66.7 Å². The van der Waals surface area contributed by atoms with E-state index in [1.807, 2.05) is 31.2 Å². The minimum Gasteiger partial charge on any atom is -0.373 e. The van der Waals surface area contributed by atoms with Crippen LogP contribution in [0.3, 0.4) is 0 Å². The van der Waals surface area contributed by atoms with E-state index in [1.165, 1.54) is 0 Å². The van der Waals surface area contributed by atoms with Crippen molar-refractivity contribution in [1.29, 1.82) is 0 Å². The number of benzene rings is 3. The zero-order chi connectivity index (χ0) is 26.9. The van der Waals surface area contributed by atoms with Crippen molar-refractivity contribution >= 4 is 0 Å². The summed E-state index contributed by atoms with van der Waals surface area (Å²) in [6, 6.07) is 15.8. The second-order valence-electron chi connectivity index (χ2n) is 10.4. The molecule has 3 aromatic carbocycles. The third-order valence-corrected chi connectivity index (χ3v) is 7.69. The van der Waals surface area contributed by atoms with Crippen molar-refractivity contribution in [3.63, 3.8) is 0 Å². The summed E-state index contributed by atoms with van der Waals surface area (Å²) in [6.45, 7) is 4.83. The van der Waals surface area contributed by atoms with E-state index in [0.29, 0.717) is 35.6 Å². The molecule has 0 spiro atoms. The molecular formula is C34H39F3O. The summed E-state index contributed by atoms with van der Waals surface area (Å²) in [4.78, 5) is 0. The standard InChI is InChI=1S/C34H39F3O/c1-3-5-7-9-11-27-17-19-29(34(37)33(27)36)26-15-13-25(14-16-26)28-18-20-30(31(35)22-28)32-21-12-24(23-38-32)10-8-6-4-2/h4,6,13-20,22,24,32H,3,5,7-12,21,23H2,1-2H3. The Morgan fingerprint density at radius 1 is 0.842 bits per heavy atom. The highest BCUT2D eigenvalue weighted by molar-refractivity contribution is 5.71. The van der Waals surface area contributed by atoms with Gasteiger partial charge in [0, 0.05) is 11.1 Å². The Hall–Kier alpha value is -2.85. The van der Waals surface area contributed by atoms with Crippen molar-refractivity contribution in [2.24, 2.45) is 5.92 Å². The molecule has 1 aliphatic heterocycles. The van der Waals surface area contributed by atoms with Gasteiger partial charge < -0.3 is 4.74 Å². The maximum absolute atomic E-state index is 15.1. The molecule has 1 aliphatic rings. The van der Waals surface area contributed by atoms with E-state index >= 15 is 4.39 Å². The molecule has 4 heteroatoms. The molecule has 0 aromatic heterocycles. The molecule has 3 aromatic rings. The quantitative estimate of drug-likeness (QED) is 0.180. The van der Waals surface area contributed by atoms with E-state index in [0.717, 1.165) is 62.5 Å². The predicted octanol–water partition coefficient (Wildman–Crippen LogP) is 10.4. The first-order valence-corrected chi connectivity index (χ1v) is 14.1. The lowest BCUT2D eigenvalue weighted by molar-refractivity contribution is -0.0207. The van der Waals surface area contributed by atoms with Crippen molar-refractivity contribution in [3.05, 3.63) is 95.3 Å². The maximum atomic E-state index is 15.1. The fourth-order valence-electron chi connectivity index (χ4n) is 5.34. The number of hydrogen-bond donors (Lipinski definition) is 0. The summed E-state index contributed by atoms with van der Waals surface area (Å²) in [7, 11) is 0. The molecule has 0 N–H and O–H groups in total. The highest BCUT2D eigenvalue weighted by Crippen LogP contribution is 2.36. The average Bonchev–Trinajstić information content (AvgIpc) is 2.94. The minimum atomic E-state index is -0.808. The fourth-order valence-corrected chi connectivity index (χ4v) is 5.34. The van der Waals surface area contributed by atoms with Crippen LogP contribution in [0.25, 0.3) is 22.3 Å². The van der Waals surface area contributed by atoms with E-state index in [4.69, 9.17) is 4.74 Å². The maximum Gasteiger partial charge on any atom is 0.166 e. The molecular weight excluding hydrogens is 481 g/mol. The Morgan fingerprint density at radius 3 is 2.29 bits per heavy atom. The zero-order valence-corrected chi connectivity index (χ0v) is 22.6. The summed E-state index contributed by atoms with van der Waals surface area (Å²) in [5, 5.41) is 0. The molecule has 0 radical (unpaired) electrons. The summed E-state index contributed by atoms with van der Waals surface area (Å²) in [6.07, 6.45) is 12.7. The van der Waals surface area contributed by atoms with E-state index in [-0.39, 0.29) is 17.5 Å². The van der Waals surface area contributed by atoms with Crippen LogP contribution in [-0.2, 0) is 11.2 Å². The first-order valence-electron chi connectivity index (χ1n) is 14.1. The number of allylic oxidation sites excluding steroid dienone is 2. The van der Waals surface area contributed by atoms with Crippen LogP contribution in [0, 0.1) is 23.4 Å². The first kappa shape index (κ1) is 28.2. The Kier molecular flexibility index (Phi) is 10.2. The molecule has 0 bridgehead atoms. The van der Waals surface area contributed by atoms with Gasteiger partial charge >= 0.3 is 0 Å². The molecule has 0 amide bonds.